The van der Waals surface area contributed by atoms with Gasteiger partial charge >= 0.3 is 0 Å². The van der Waals surface area contributed by atoms with Crippen molar-refractivity contribution in [3.05, 3.63) is 0 Å². The van der Waals surface area contributed by atoms with Gasteiger partial charge in [0.25, 0.3) is 5.91 Å². The third-order valence-corrected chi connectivity index (χ3v) is 2.90. The van der Waals surface area contributed by atoms with E-state index >= 15 is 0 Å². The molecule has 1 unspecified atom stereocenters. The fourth-order valence-electron chi connectivity index (χ4n) is 0.991. The van der Waals surface area contributed by atoms with Crippen LogP contribution in [0.25, 0.3) is 0 Å². The second-order valence-electron chi connectivity index (χ2n) is 3.59. The molecule has 0 spiro atoms. The van der Waals surface area contributed by atoms with Gasteiger partial charge in [-0.15, -0.1) is 0 Å². The van der Waals surface area contributed by atoms with Gasteiger partial charge in [0.2, 0.25) is 0 Å². The van der Waals surface area contributed by atoms with Crippen LogP contribution in [0.1, 0.15) is 13.8 Å². The van der Waals surface area contributed by atoms with Crippen LogP contribution in [0.5, 0.6) is 0 Å². The topological polar surface area (TPSA) is 104 Å². The van der Waals surface area contributed by atoms with Gasteiger partial charge in [0.15, 0.2) is 15.4 Å². The molecule has 0 rings (SSSR count). The molecular formula is C7H15NO5S. The Morgan fingerprint density at radius 1 is 1.50 bits per heavy atom. The first-order valence-corrected chi connectivity index (χ1v) is 6.04. The number of hydrogen-bond acceptors (Lipinski definition) is 5. The predicted molar refractivity (Wildman–Crippen MR) is 49.4 cm³/mol. The lowest BCUT2D eigenvalue weighted by Crippen LogP contribution is -2.54. The van der Waals surface area contributed by atoms with Crippen LogP contribution in [0.15, 0.2) is 0 Å². The number of nitrogens with one attached hydrogen (secondary N) is 1. The van der Waals surface area contributed by atoms with Gasteiger partial charge in [0.1, 0.15) is 0 Å². The molecule has 0 heterocycles. The summed E-state index contributed by atoms with van der Waals surface area (Å²) in [4.78, 5) is 11.1. The molecule has 0 aliphatic carbocycles. The molecule has 0 aromatic heterocycles. The van der Waals surface area contributed by atoms with Crippen LogP contribution in [-0.4, -0.2) is 42.2 Å². The monoisotopic (exact) mass is 225 g/mol. The second-order valence-corrected chi connectivity index (χ2v) is 5.73. The van der Waals surface area contributed by atoms with E-state index in [1.165, 1.54) is 19.3 Å². The number of hydroxylamine groups is 1. The summed E-state index contributed by atoms with van der Waals surface area (Å²) in [7, 11) is -3.50. The third-order valence-electron chi connectivity index (χ3n) is 1.93. The van der Waals surface area contributed by atoms with E-state index in [1.54, 1.807) is 0 Å². The number of sulfone groups is 1. The zero-order valence-corrected chi connectivity index (χ0v) is 9.13. The molecule has 0 fully saturated rings. The van der Waals surface area contributed by atoms with E-state index in [4.69, 9.17) is 5.21 Å². The average molecular weight is 225 g/mol. The Labute approximate surface area is 82.8 Å². The molecule has 0 bridgehead atoms. The van der Waals surface area contributed by atoms with E-state index in [2.05, 4.69) is 0 Å². The summed E-state index contributed by atoms with van der Waals surface area (Å²) in [6.45, 7) is 2.97. The first-order valence-electron chi connectivity index (χ1n) is 3.98. The molecule has 0 aromatic carbocycles. The average Bonchev–Trinajstić information content (AvgIpc) is 1.99. The molecular weight excluding hydrogens is 210 g/mol. The van der Waals surface area contributed by atoms with Crippen LogP contribution in [0.3, 0.4) is 0 Å². The Morgan fingerprint density at radius 2 is 1.93 bits per heavy atom. The maximum atomic E-state index is 11.1. The van der Waals surface area contributed by atoms with Crippen LogP contribution in [-0.2, 0) is 14.6 Å². The van der Waals surface area contributed by atoms with Gasteiger partial charge in [-0.3, -0.25) is 10.0 Å². The summed E-state index contributed by atoms with van der Waals surface area (Å²) < 4.78 is 21.9. The highest BCUT2D eigenvalue weighted by atomic mass is 32.2. The maximum Gasteiger partial charge on any atom is 0.276 e. The summed E-state index contributed by atoms with van der Waals surface area (Å²) in [6, 6.07) is 0. The van der Waals surface area contributed by atoms with E-state index in [-0.39, 0.29) is 0 Å². The van der Waals surface area contributed by atoms with Crippen molar-refractivity contribution >= 4 is 15.7 Å². The highest BCUT2D eigenvalue weighted by molar-refractivity contribution is 7.90. The van der Waals surface area contributed by atoms with E-state index in [0.29, 0.717) is 0 Å². The number of amides is 1. The molecule has 0 aliphatic rings. The van der Waals surface area contributed by atoms with Crippen LogP contribution in [0.2, 0.25) is 0 Å². The van der Waals surface area contributed by atoms with Gasteiger partial charge in [0, 0.05) is 6.26 Å². The standard InChI is InChI=1S/C7H15NO5S/c1-5(2)7(10,6(9)8-11)4-14(3,12)13/h5,10-11H,4H2,1-3H3,(H,8,9). The number of hydrogen-bond donors (Lipinski definition) is 3. The molecule has 0 saturated carbocycles. The highest BCUT2D eigenvalue weighted by Gasteiger charge is 2.42. The molecule has 1 amide bonds. The van der Waals surface area contributed by atoms with Gasteiger partial charge in [-0.25, -0.2) is 13.9 Å². The van der Waals surface area contributed by atoms with E-state index in [0.717, 1.165) is 6.26 Å². The Morgan fingerprint density at radius 3 is 2.14 bits per heavy atom. The fraction of sp³-hybridized carbons (Fsp3) is 0.857. The summed E-state index contributed by atoms with van der Waals surface area (Å²) in [5.41, 5.74) is -0.839. The lowest BCUT2D eigenvalue weighted by molar-refractivity contribution is -0.150. The maximum absolute atomic E-state index is 11.1. The van der Waals surface area contributed by atoms with Gasteiger partial charge < -0.3 is 5.11 Å². The summed E-state index contributed by atoms with van der Waals surface area (Å²) in [5.74, 6) is -2.45. The summed E-state index contributed by atoms with van der Waals surface area (Å²) in [6.07, 6.45) is 0.908. The summed E-state index contributed by atoms with van der Waals surface area (Å²) in [5, 5.41) is 18.1. The van der Waals surface area contributed by atoms with Crippen LogP contribution in [0, 0.1) is 5.92 Å². The first-order chi connectivity index (χ1) is 6.13. The van der Waals surface area contributed by atoms with Gasteiger partial charge in [-0.1, -0.05) is 13.8 Å². The third kappa shape index (κ3) is 3.24. The largest absolute Gasteiger partial charge is 0.379 e. The van der Waals surface area contributed by atoms with Crippen LogP contribution in [0.4, 0.5) is 0 Å². The Bertz CT molecular complexity index is 310. The molecule has 0 radical (unpaired) electrons. The number of aliphatic hydroxyl groups is 1. The molecule has 14 heavy (non-hydrogen) atoms. The number of rotatable bonds is 4. The van der Waals surface area contributed by atoms with Crippen LogP contribution >= 0.6 is 0 Å². The van der Waals surface area contributed by atoms with E-state index in [1.807, 2.05) is 0 Å². The lowest BCUT2D eigenvalue weighted by Gasteiger charge is -2.28. The molecule has 0 aliphatic heterocycles. The minimum atomic E-state index is -3.50. The molecule has 7 heteroatoms. The number of carbonyl (C=O) groups excluding carboxylic acids is 1. The molecule has 84 valence electrons. The molecule has 0 saturated heterocycles. The minimum Gasteiger partial charge on any atom is -0.379 e. The predicted octanol–water partition coefficient (Wildman–Crippen LogP) is -1.08. The van der Waals surface area contributed by atoms with E-state index in [9.17, 15) is 18.3 Å². The molecule has 0 aromatic rings. The minimum absolute atomic E-state index is 0.621. The molecule has 3 N–H and O–H groups in total. The van der Waals surface area contributed by atoms with Crippen molar-refractivity contribution in [2.75, 3.05) is 12.0 Å². The fourth-order valence-corrected chi connectivity index (χ4v) is 2.25. The van der Waals surface area contributed by atoms with Crippen molar-refractivity contribution in [3.8, 4) is 0 Å². The van der Waals surface area contributed by atoms with Gasteiger partial charge in [0.05, 0.1) is 5.75 Å². The highest BCUT2D eigenvalue weighted by Crippen LogP contribution is 2.19. The first kappa shape index (κ1) is 13.3. The van der Waals surface area contributed by atoms with Gasteiger partial charge in [-0.05, 0) is 5.92 Å². The summed E-state index contributed by atoms with van der Waals surface area (Å²) >= 11 is 0. The Balaban J connectivity index is 5.02. The smallest absolute Gasteiger partial charge is 0.276 e. The number of carbonyl (C=O) groups is 1. The van der Waals surface area contributed by atoms with E-state index < -0.39 is 33.0 Å². The van der Waals surface area contributed by atoms with Gasteiger partial charge in [-0.2, -0.15) is 0 Å². The second kappa shape index (κ2) is 4.24. The zero-order chi connectivity index (χ0) is 11.6. The molecule has 1 atom stereocenters. The quantitative estimate of drug-likeness (QED) is 0.417. The normalized spacial score (nSPS) is 16.4. The van der Waals surface area contributed by atoms with Crippen LogP contribution < -0.4 is 5.48 Å². The van der Waals surface area contributed by atoms with Crippen molar-refractivity contribution in [2.45, 2.75) is 19.4 Å². The lowest BCUT2D eigenvalue weighted by atomic mass is 9.92. The Kier molecular flexibility index (Phi) is 4.04. The SMILES string of the molecule is CC(C)C(O)(CS(C)(=O)=O)C(=O)NO. The molecule has 6 nitrogen and oxygen atoms in total. The van der Waals surface area contributed by atoms with Crippen molar-refractivity contribution in [2.24, 2.45) is 5.92 Å². The van der Waals surface area contributed by atoms with Crippen molar-refractivity contribution in [1.29, 1.82) is 0 Å². The van der Waals surface area contributed by atoms with Crippen molar-refractivity contribution in [3.63, 3.8) is 0 Å². The van der Waals surface area contributed by atoms with Crippen molar-refractivity contribution < 1.29 is 23.5 Å². The zero-order valence-electron chi connectivity index (χ0n) is 8.31. The Hall–Kier alpha value is -0.660. The van der Waals surface area contributed by atoms with Crippen molar-refractivity contribution in [1.82, 2.24) is 5.48 Å².